The van der Waals surface area contributed by atoms with Crippen molar-refractivity contribution in [1.29, 1.82) is 0 Å². The van der Waals surface area contributed by atoms with Crippen LogP contribution in [0.3, 0.4) is 0 Å². The van der Waals surface area contributed by atoms with Crippen LogP contribution in [0.5, 0.6) is 0 Å². The van der Waals surface area contributed by atoms with Gasteiger partial charge in [-0.1, -0.05) is 18.2 Å². The van der Waals surface area contributed by atoms with Crippen molar-refractivity contribution in [3.05, 3.63) is 30.0 Å². The lowest BCUT2D eigenvalue weighted by atomic mass is 9.99. The van der Waals surface area contributed by atoms with Crippen LogP contribution < -0.4 is 5.32 Å². The number of rotatable bonds is 1. The summed E-state index contributed by atoms with van der Waals surface area (Å²) in [5, 5.41) is 11.3. The van der Waals surface area contributed by atoms with E-state index < -0.39 is 0 Å². The van der Waals surface area contributed by atoms with Crippen LogP contribution in [0, 0.1) is 0 Å². The summed E-state index contributed by atoms with van der Waals surface area (Å²) in [4.78, 5) is 14.6. The quantitative estimate of drug-likeness (QED) is 0.812. The Kier molecular flexibility index (Phi) is 2.78. The molecule has 3 rings (SSSR count). The highest BCUT2D eigenvalue weighted by Crippen LogP contribution is 2.22. The van der Waals surface area contributed by atoms with Gasteiger partial charge in [0.15, 0.2) is 5.69 Å². The van der Waals surface area contributed by atoms with Crippen molar-refractivity contribution in [2.45, 2.75) is 19.4 Å². The number of hydrogen-bond acceptors (Lipinski definition) is 3. The lowest BCUT2D eigenvalue weighted by Gasteiger charge is -2.42. The van der Waals surface area contributed by atoms with Gasteiger partial charge >= 0.3 is 0 Å². The Morgan fingerprint density at radius 2 is 2.16 bits per heavy atom. The number of H-pyrrole nitrogens is 1. The zero-order valence-electron chi connectivity index (χ0n) is 11.2. The molecule has 1 fully saturated rings. The molecular formula is C14H18N4O. The lowest BCUT2D eigenvalue weighted by molar-refractivity contribution is 0.0473. The third kappa shape index (κ3) is 2.00. The number of carbonyl (C=O) groups excluding carboxylic acids is 1. The smallest absolute Gasteiger partial charge is 0.275 e. The van der Waals surface area contributed by atoms with Crippen molar-refractivity contribution in [1.82, 2.24) is 20.4 Å². The zero-order chi connectivity index (χ0) is 13.5. The largest absolute Gasteiger partial charge is 0.330 e. The van der Waals surface area contributed by atoms with Crippen LogP contribution in [-0.2, 0) is 0 Å². The molecule has 0 aliphatic carbocycles. The van der Waals surface area contributed by atoms with Gasteiger partial charge in [0.1, 0.15) is 0 Å². The first-order valence-corrected chi connectivity index (χ1v) is 6.55. The molecule has 0 spiro atoms. The van der Waals surface area contributed by atoms with Gasteiger partial charge in [-0.3, -0.25) is 9.89 Å². The van der Waals surface area contributed by atoms with Gasteiger partial charge in [-0.2, -0.15) is 5.10 Å². The molecule has 1 saturated heterocycles. The predicted molar refractivity (Wildman–Crippen MR) is 74.1 cm³/mol. The molecule has 2 aromatic rings. The number of piperazine rings is 1. The number of nitrogens with one attached hydrogen (secondary N) is 2. The summed E-state index contributed by atoms with van der Waals surface area (Å²) in [6, 6.07) is 7.73. The van der Waals surface area contributed by atoms with Crippen molar-refractivity contribution in [2.24, 2.45) is 0 Å². The van der Waals surface area contributed by atoms with Crippen LogP contribution in [0.1, 0.15) is 24.3 Å². The average Bonchev–Trinajstić information content (AvgIpc) is 2.81. The van der Waals surface area contributed by atoms with E-state index in [0.29, 0.717) is 12.2 Å². The van der Waals surface area contributed by atoms with E-state index in [4.69, 9.17) is 0 Å². The third-order valence-corrected chi connectivity index (χ3v) is 3.72. The SMILES string of the molecule is CC1(C)CNCCN1C(=O)c1n[nH]c2ccccc12. The third-order valence-electron chi connectivity index (χ3n) is 3.72. The molecule has 1 aromatic heterocycles. The number of amides is 1. The first-order chi connectivity index (χ1) is 9.09. The van der Waals surface area contributed by atoms with E-state index in [2.05, 4.69) is 29.4 Å². The molecule has 5 heteroatoms. The Morgan fingerprint density at radius 1 is 1.37 bits per heavy atom. The van der Waals surface area contributed by atoms with E-state index in [-0.39, 0.29) is 11.4 Å². The molecule has 19 heavy (non-hydrogen) atoms. The van der Waals surface area contributed by atoms with Crippen LogP contribution >= 0.6 is 0 Å². The molecule has 0 radical (unpaired) electrons. The molecular weight excluding hydrogens is 240 g/mol. The van der Waals surface area contributed by atoms with Gasteiger partial charge in [-0.15, -0.1) is 0 Å². The van der Waals surface area contributed by atoms with E-state index in [1.54, 1.807) is 0 Å². The van der Waals surface area contributed by atoms with Gasteiger partial charge in [0.05, 0.1) is 11.1 Å². The predicted octanol–water partition coefficient (Wildman–Crippen LogP) is 1.39. The molecule has 5 nitrogen and oxygen atoms in total. The number of fused-ring (bicyclic) bond motifs is 1. The number of nitrogens with zero attached hydrogens (tertiary/aromatic N) is 2. The summed E-state index contributed by atoms with van der Waals surface area (Å²) < 4.78 is 0. The highest BCUT2D eigenvalue weighted by molar-refractivity contribution is 6.04. The van der Waals surface area contributed by atoms with Crippen molar-refractivity contribution in [2.75, 3.05) is 19.6 Å². The van der Waals surface area contributed by atoms with Gasteiger partial charge in [0.25, 0.3) is 5.91 Å². The minimum Gasteiger partial charge on any atom is -0.330 e. The zero-order valence-corrected chi connectivity index (χ0v) is 11.2. The van der Waals surface area contributed by atoms with Crippen molar-refractivity contribution >= 4 is 16.8 Å². The Hall–Kier alpha value is -1.88. The van der Waals surface area contributed by atoms with Crippen molar-refractivity contribution in [3.8, 4) is 0 Å². The van der Waals surface area contributed by atoms with E-state index in [9.17, 15) is 4.79 Å². The monoisotopic (exact) mass is 258 g/mol. The fraction of sp³-hybridized carbons (Fsp3) is 0.429. The van der Waals surface area contributed by atoms with E-state index in [0.717, 1.165) is 24.0 Å². The van der Waals surface area contributed by atoms with Crippen LogP contribution in [0.25, 0.3) is 10.9 Å². The summed E-state index contributed by atoms with van der Waals surface area (Å²) in [5.41, 5.74) is 1.24. The lowest BCUT2D eigenvalue weighted by Crippen LogP contribution is -2.59. The second-order valence-electron chi connectivity index (χ2n) is 5.56. The average molecular weight is 258 g/mol. The number of benzene rings is 1. The second kappa shape index (κ2) is 4.35. The highest BCUT2D eigenvalue weighted by atomic mass is 16.2. The van der Waals surface area contributed by atoms with Gasteiger partial charge < -0.3 is 10.2 Å². The summed E-state index contributed by atoms with van der Waals surface area (Å²) in [6.07, 6.45) is 0. The van der Waals surface area contributed by atoms with Crippen LogP contribution in [0.2, 0.25) is 0 Å². The van der Waals surface area contributed by atoms with E-state index in [1.807, 2.05) is 29.2 Å². The van der Waals surface area contributed by atoms with E-state index >= 15 is 0 Å². The number of aromatic nitrogens is 2. The van der Waals surface area contributed by atoms with Gasteiger partial charge in [-0.05, 0) is 19.9 Å². The molecule has 2 N–H and O–H groups in total. The Morgan fingerprint density at radius 3 is 2.95 bits per heavy atom. The first-order valence-electron chi connectivity index (χ1n) is 6.55. The topological polar surface area (TPSA) is 61.0 Å². The summed E-state index contributed by atoms with van der Waals surface area (Å²) in [5.74, 6) is 0.00366. The Bertz CT molecular complexity index is 617. The summed E-state index contributed by atoms with van der Waals surface area (Å²) in [7, 11) is 0. The maximum Gasteiger partial charge on any atom is 0.275 e. The molecule has 1 amide bonds. The molecule has 0 saturated carbocycles. The second-order valence-corrected chi connectivity index (χ2v) is 5.56. The minimum absolute atomic E-state index is 0.00366. The number of carbonyl (C=O) groups is 1. The minimum atomic E-state index is -0.185. The molecule has 0 atom stereocenters. The van der Waals surface area contributed by atoms with Crippen molar-refractivity contribution in [3.63, 3.8) is 0 Å². The fourth-order valence-electron chi connectivity index (χ4n) is 2.61. The number of aromatic amines is 1. The maximum atomic E-state index is 12.7. The van der Waals surface area contributed by atoms with Crippen molar-refractivity contribution < 1.29 is 4.79 Å². The Balaban J connectivity index is 1.99. The summed E-state index contributed by atoms with van der Waals surface area (Å²) >= 11 is 0. The molecule has 100 valence electrons. The maximum absolute atomic E-state index is 12.7. The fourth-order valence-corrected chi connectivity index (χ4v) is 2.61. The van der Waals surface area contributed by atoms with Crippen LogP contribution in [-0.4, -0.2) is 46.2 Å². The normalized spacial score (nSPS) is 18.7. The van der Waals surface area contributed by atoms with E-state index in [1.165, 1.54) is 0 Å². The van der Waals surface area contributed by atoms with Gasteiger partial charge in [0, 0.05) is 25.0 Å². The first kappa shape index (κ1) is 12.2. The number of para-hydroxylation sites is 1. The molecule has 1 aliphatic rings. The molecule has 0 bridgehead atoms. The molecule has 1 aliphatic heterocycles. The van der Waals surface area contributed by atoms with Crippen LogP contribution in [0.4, 0.5) is 0 Å². The molecule has 1 aromatic carbocycles. The standard InChI is InChI=1S/C14H18N4O/c1-14(2)9-15-7-8-18(14)13(19)12-10-5-3-4-6-11(10)16-17-12/h3-6,15H,7-9H2,1-2H3,(H,16,17). The highest BCUT2D eigenvalue weighted by Gasteiger charge is 2.35. The molecule has 0 unspecified atom stereocenters. The van der Waals surface area contributed by atoms with Gasteiger partial charge in [0.2, 0.25) is 0 Å². The van der Waals surface area contributed by atoms with Crippen LogP contribution in [0.15, 0.2) is 24.3 Å². The van der Waals surface area contributed by atoms with Gasteiger partial charge in [-0.25, -0.2) is 0 Å². The molecule has 2 heterocycles. The summed E-state index contributed by atoms with van der Waals surface area (Å²) in [6.45, 7) is 6.50. The number of hydrogen-bond donors (Lipinski definition) is 2. The Labute approximate surface area is 112 Å².